The number of fused-ring (bicyclic) bond motifs is 1. The van der Waals surface area contributed by atoms with E-state index >= 15 is 0 Å². The standard InChI is InChI=1S/C25H27ClN4O2/c1-16-23(17(2)30(28-16)14-18-8-3-5-11-21(18)26)24-27-22-12-6-4-10-20(22)25(31)29(24)15-19-9-7-13-32-19/h3-6,8,10-12,19,24,27H,7,9,13-15H2,1-2H3/t19-,24-/m1/s1. The first-order valence-corrected chi connectivity index (χ1v) is 11.5. The number of halogens is 1. The predicted octanol–water partition coefficient (Wildman–Crippen LogP) is 4.95. The van der Waals surface area contributed by atoms with Gasteiger partial charge in [-0.05, 0) is 50.5 Å². The van der Waals surface area contributed by atoms with Crippen LogP contribution in [0.3, 0.4) is 0 Å². The van der Waals surface area contributed by atoms with Crippen molar-refractivity contribution in [3.8, 4) is 0 Å². The van der Waals surface area contributed by atoms with Gasteiger partial charge in [0.15, 0.2) is 0 Å². The summed E-state index contributed by atoms with van der Waals surface area (Å²) in [5.41, 5.74) is 5.50. The smallest absolute Gasteiger partial charge is 0.257 e. The molecule has 1 N–H and O–H groups in total. The normalized spacial score (nSPS) is 20.3. The molecule has 1 amide bonds. The Labute approximate surface area is 193 Å². The Morgan fingerprint density at radius 2 is 1.94 bits per heavy atom. The minimum Gasteiger partial charge on any atom is -0.376 e. The number of carbonyl (C=O) groups is 1. The largest absolute Gasteiger partial charge is 0.376 e. The van der Waals surface area contributed by atoms with E-state index in [0.29, 0.717) is 18.7 Å². The molecule has 2 aliphatic rings. The van der Waals surface area contributed by atoms with E-state index in [2.05, 4.69) is 12.2 Å². The summed E-state index contributed by atoms with van der Waals surface area (Å²) >= 11 is 6.40. The van der Waals surface area contributed by atoms with E-state index in [-0.39, 0.29) is 18.2 Å². The van der Waals surface area contributed by atoms with Gasteiger partial charge in [0.25, 0.3) is 5.91 Å². The van der Waals surface area contributed by atoms with Gasteiger partial charge in [0.1, 0.15) is 6.17 Å². The number of benzene rings is 2. The van der Waals surface area contributed by atoms with Crippen molar-refractivity contribution in [1.82, 2.24) is 14.7 Å². The number of anilines is 1. The molecule has 5 rings (SSSR count). The summed E-state index contributed by atoms with van der Waals surface area (Å²) in [6.45, 7) is 5.95. The van der Waals surface area contributed by atoms with Gasteiger partial charge in [-0.1, -0.05) is 41.9 Å². The Bertz CT molecular complexity index is 1150. The lowest BCUT2D eigenvalue weighted by atomic mass is 10.0. The fraction of sp³-hybridized carbons (Fsp3) is 0.360. The first kappa shape index (κ1) is 21.0. The molecule has 3 aromatic rings. The van der Waals surface area contributed by atoms with E-state index in [9.17, 15) is 4.79 Å². The maximum atomic E-state index is 13.5. The third-order valence-electron chi connectivity index (χ3n) is 6.44. The summed E-state index contributed by atoms with van der Waals surface area (Å²) < 4.78 is 7.85. The summed E-state index contributed by atoms with van der Waals surface area (Å²) in [4.78, 5) is 15.5. The predicted molar refractivity (Wildman–Crippen MR) is 125 cm³/mol. The second-order valence-electron chi connectivity index (χ2n) is 8.52. The lowest BCUT2D eigenvalue weighted by molar-refractivity contribution is 0.0425. The van der Waals surface area contributed by atoms with Crippen LogP contribution in [0.25, 0.3) is 0 Å². The third-order valence-corrected chi connectivity index (χ3v) is 6.80. The van der Waals surface area contributed by atoms with E-state index in [4.69, 9.17) is 21.4 Å². The van der Waals surface area contributed by atoms with Crippen LogP contribution < -0.4 is 5.32 Å². The van der Waals surface area contributed by atoms with Crippen LogP contribution in [0.15, 0.2) is 48.5 Å². The minimum atomic E-state index is -0.304. The van der Waals surface area contributed by atoms with Crippen molar-refractivity contribution in [2.24, 2.45) is 0 Å². The number of hydrogen-bond acceptors (Lipinski definition) is 4. The molecule has 0 saturated carbocycles. The summed E-state index contributed by atoms with van der Waals surface area (Å²) in [5.74, 6) is 0.0255. The fourth-order valence-electron chi connectivity index (χ4n) is 4.77. The zero-order valence-corrected chi connectivity index (χ0v) is 19.1. The molecular weight excluding hydrogens is 424 g/mol. The molecule has 1 saturated heterocycles. The first-order valence-electron chi connectivity index (χ1n) is 11.1. The topological polar surface area (TPSA) is 59.4 Å². The number of para-hydroxylation sites is 1. The lowest BCUT2D eigenvalue weighted by Gasteiger charge is -2.39. The van der Waals surface area contributed by atoms with E-state index in [1.807, 2.05) is 65.0 Å². The Kier molecular flexibility index (Phi) is 5.66. The number of aromatic nitrogens is 2. The van der Waals surface area contributed by atoms with Gasteiger partial charge in [0, 0.05) is 35.1 Å². The molecule has 0 spiro atoms. The monoisotopic (exact) mass is 450 g/mol. The van der Waals surface area contributed by atoms with Crippen molar-refractivity contribution in [3.05, 3.63) is 81.6 Å². The number of aryl methyl sites for hydroxylation is 1. The third kappa shape index (κ3) is 3.78. The molecule has 1 aromatic heterocycles. The SMILES string of the molecule is Cc1nn(Cc2ccccc2Cl)c(C)c1[C@@H]1Nc2ccccc2C(=O)N1C[C@H]1CCCO1. The van der Waals surface area contributed by atoms with E-state index in [0.717, 1.165) is 52.7 Å². The lowest BCUT2D eigenvalue weighted by Crippen LogP contribution is -2.46. The van der Waals surface area contributed by atoms with E-state index < -0.39 is 0 Å². The van der Waals surface area contributed by atoms with Crippen LogP contribution in [0.4, 0.5) is 5.69 Å². The van der Waals surface area contributed by atoms with Crippen molar-refractivity contribution >= 4 is 23.2 Å². The van der Waals surface area contributed by atoms with Gasteiger partial charge in [-0.3, -0.25) is 9.48 Å². The van der Waals surface area contributed by atoms with Crippen molar-refractivity contribution in [1.29, 1.82) is 0 Å². The highest BCUT2D eigenvalue weighted by atomic mass is 35.5. The highest BCUT2D eigenvalue weighted by Crippen LogP contribution is 2.36. The Hall–Kier alpha value is -2.83. The molecular formula is C25H27ClN4O2. The van der Waals surface area contributed by atoms with Gasteiger partial charge in [0.2, 0.25) is 0 Å². The van der Waals surface area contributed by atoms with Crippen LogP contribution in [0.2, 0.25) is 5.02 Å². The zero-order chi connectivity index (χ0) is 22.2. The molecule has 166 valence electrons. The summed E-state index contributed by atoms with van der Waals surface area (Å²) in [6, 6.07) is 15.5. The zero-order valence-electron chi connectivity index (χ0n) is 18.3. The Morgan fingerprint density at radius 1 is 1.16 bits per heavy atom. The summed E-state index contributed by atoms with van der Waals surface area (Å²) in [5, 5.41) is 9.15. The number of amides is 1. The second-order valence-corrected chi connectivity index (χ2v) is 8.93. The van der Waals surface area contributed by atoms with Gasteiger partial charge >= 0.3 is 0 Å². The summed E-state index contributed by atoms with van der Waals surface area (Å²) in [6.07, 6.45) is 1.77. The van der Waals surface area contributed by atoms with Gasteiger partial charge in [-0.25, -0.2) is 0 Å². The molecule has 1 fully saturated rings. The minimum absolute atomic E-state index is 0.0255. The van der Waals surface area contributed by atoms with Crippen molar-refractivity contribution < 1.29 is 9.53 Å². The number of nitrogens with one attached hydrogen (secondary N) is 1. The number of ether oxygens (including phenoxy) is 1. The maximum Gasteiger partial charge on any atom is 0.257 e. The maximum absolute atomic E-state index is 13.5. The highest BCUT2D eigenvalue weighted by Gasteiger charge is 2.37. The van der Waals surface area contributed by atoms with Gasteiger partial charge in [-0.2, -0.15) is 5.10 Å². The quantitative estimate of drug-likeness (QED) is 0.597. The van der Waals surface area contributed by atoms with Crippen molar-refractivity contribution in [2.75, 3.05) is 18.5 Å². The molecule has 2 aromatic carbocycles. The first-order chi connectivity index (χ1) is 15.5. The van der Waals surface area contributed by atoms with E-state index in [1.165, 1.54) is 0 Å². The second kappa shape index (κ2) is 8.60. The van der Waals surface area contributed by atoms with Crippen LogP contribution in [-0.2, 0) is 11.3 Å². The van der Waals surface area contributed by atoms with Gasteiger partial charge < -0.3 is 15.0 Å². The molecule has 0 bridgehead atoms. The van der Waals surface area contributed by atoms with Crippen LogP contribution >= 0.6 is 11.6 Å². The average Bonchev–Trinajstić information content (AvgIpc) is 3.40. The molecule has 0 aliphatic carbocycles. The summed E-state index contributed by atoms with van der Waals surface area (Å²) in [7, 11) is 0. The molecule has 0 radical (unpaired) electrons. The molecule has 7 heteroatoms. The van der Waals surface area contributed by atoms with Crippen LogP contribution in [0.5, 0.6) is 0 Å². The molecule has 32 heavy (non-hydrogen) atoms. The molecule has 3 heterocycles. The Morgan fingerprint density at radius 3 is 2.72 bits per heavy atom. The van der Waals surface area contributed by atoms with Crippen LogP contribution in [-0.4, -0.2) is 39.8 Å². The number of hydrogen-bond donors (Lipinski definition) is 1. The average molecular weight is 451 g/mol. The number of nitrogens with zero attached hydrogens (tertiary/aromatic N) is 3. The molecule has 6 nitrogen and oxygen atoms in total. The van der Waals surface area contributed by atoms with Crippen LogP contribution in [0.1, 0.15) is 51.9 Å². The molecule has 2 atom stereocenters. The Balaban J connectivity index is 1.53. The molecule has 2 aliphatic heterocycles. The molecule has 0 unspecified atom stereocenters. The highest BCUT2D eigenvalue weighted by molar-refractivity contribution is 6.31. The number of carbonyl (C=O) groups excluding carboxylic acids is 1. The van der Waals surface area contributed by atoms with Crippen molar-refractivity contribution in [2.45, 2.75) is 45.5 Å². The number of rotatable bonds is 5. The van der Waals surface area contributed by atoms with Gasteiger partial charge in [-0.15, -0.1) is 0 Å². The van der Waals surface area contributed by atoms with Gasteiger partial charge in [0.05, 0.1) is 23.9 Å². The van der Waals surface area contributed by atoms with Crippen LogP contribution in [0, 0.1) is 13.8 Å². The van der Waals surface area contributed by atoms with E-state index in [1.54, 1.807) is 0 Å². The fourth-order valence-corrected chi connectivity index (χ4v) is 4.96. The van der Waals surface area contributed by atoms with Crippen molar-refractivity contribution in [3.63, 3.8) is 0 Å².